The van der Waals surface area contributed by atoms with Gasteiger partial charge in [-0.3, -0.25) is 0 Å². The number of benzene rings is 1. The van der Waals surface area contributed by atoms with Crippen molar-refractivity contribution in [3.05, 3.63) is 59.9 Å². The predicted molar refractivity (Wildman–Crippen MR) is 86.1 cm³/mol. The Morgan fingerprint density at radius 1 is 0.810 bits per heavy atom. The molecule has 2 heterocycles. The summed E-state index contributed by atoms with van der Waals surface area (Å²) in [5.74, 6) is 0. The zero-order chi connectivity index (χ0) is 14.7. The van der Waals surface area contributed by atoms with Crippen molar-refractivity contribution in [3.8, 4) is 11.3 Å². The second-order valence-corrected chi connectivity index (χ2v) is 5.20. The summed E-state index contributed by atoms with van der Waals surface area (Å²) in [5.41, 5.74) is 16.7. The maximum Gasteiger partial charge on any atom is 0.137 e. The Morgan fingerprint density at radius 3 is 2.19 bits per heavy atom. The van der Waals surface area contributed by atoms with Crippen LogP contribution in [0.25, 0.3) is 16.9 Å². The first-order chi connectivity index (χ1) is 10.3. The van der Waals surface area contributed by atoms with Gasteiger partial charge in [0.05, 0.1) is 5.69 Å². The molecule has 0 spiro atoms. The lowest BCUT2D eigenvalue weighted by Gasteiger charge is -2.00. The van der Waals surface area contributed by atoms with E-state index in [1.807, 2.05) is 6.07 Å². The SMILES string of the molecule is NCCc1ccc(-c2cn3cc(CCN)ccc3n2)cc1. The highest BCUT2D eigenvalue weighted by Crippen LogP contribution is 2.20. The van der Waals surface area contributed by atoms with E-state index in [-0.39, 0.29) is 0 Å². The predicted octanol–water partition coefficient (Wildman–Crippen LogP) is 2.00. The fourth-order valence-electron chi connectivity index (χ4n) is 2.50. The highest BCUT2D eigenvalue weighted by molar-refractivity contribution is 5.63. The Morgan fingerprint density at radius 2 is 1.48 bits per heavy atom. The third kappa shape index (κ3) is 2.96. The molecule has 21 heavy (non-hydrogen) atoms. The van der Waals surface area contributed by atoms with Gasteiger partial charge in [0, 0.05) is 18.0 Å². The summed E-state index contributed by atoms with van der Waals surface area (Å²) in [4.78, 5) is 4.67. The molecule has 4 nitrogen and oxygen atoms in total. The van der Waals surface area contributed by atoms with Crippen LogP contribution < -0.4 is 11.5 Å². The van der Waals surface area contributed by atoms with Crippen LogP contribution in [0.2, 0.25) is 0 Å². The van der Waals surface area contributed by atoms with Crippen molar-refractivity contribution in [2.24, 2.45) is 11.5 Å². The lowest BCUT2D eigenvalue weighted by atomic mass is 10.1. The quantitative estimate of drug-likeness (QED) is 0.751. The van der Waals surface area contributed by atoms with Crippen molar-refractivity contribution < 1.29 is 0 Å². The van der Waals surface area contributed by atoms with E-state index in [2.05, 4.69) is 52.1 Å². The van der Waals surface area contributed by atoms with Gasteiger partial charge in [-0.1, -0.05) is 30.3 Å². The minimum atomic E-state index is 0.662. The van der Waals surface area contributed by atoms with E-state index in [1.54, 1.807) is 0 Å². The van der Waals surface area contributed by atoms with Gasteiger partial charge in [0.2, 0.25) is 0 Å². The molecule has 2 aromatic heterocycles. The van der Waals surface area contributed by atoms with E-state index in [9.17, 15) is 0 Å². The van der Waals surface area contributed by atoms with Crippen molar-refractivity contribution >= 4 is 5.65 Å². The van der Waals surface area contributed by atoms with Crippen molar-refractivity contribution in [3.63, 3.8) is 0 Å². The van der Waals surface area contributed by atoms with Crippen LogP contribution in [0, 0.1) is 0 Å². The Labute approximate surface area is 124 Å². The summed E-state index contributed by atoms with van der Waals surface area (Å²) in [5, 5.41) is 0. The molecule has 4 heteroatoms. The zero-order valence-corrected chi connectivity index (χ0v) is 12.0. The Balaban J connectivity index is 1.92. The van der Waals surface area contributed by atoms with E-state index in [0.717, 1.165) is 29.7 Å². The maximum absolute atomic E-state index is 5.61. The zero-order valence-electron chi connectivity index (χ0n) is 12.0. The lowest BCUT2D eigenvalue weighted by Crippen LogP contribution is -2.03. The first-order valence-electron chi connectivity index (χ1n) is 7.27. The third-order valence-electron chi connectivity index (χ3n) is 3.63. The lowest BCUT2D eigenvalue weighted by molar-refractivity contribution is 0.951. The second-order valence-electron chi connectivity index (χ2n) is 5.20. The molecular weight excluding hydrogens is 260 g/mol. The molecule has 0 radical (unpaired) electrons. The molecule has 0 aliphatic heterocycles. The van der Waals surface area contributed by atoms with Crippen molar-refractivity contribution in [2.75, 3.05) is 13.1 Å². The van der Waals surface area contributed by atoms with Gasteiger partial charge in [0.25, 0.3) is 0 Å². The van der Waals surface area contributed by atoms with Crippen LogP contribution in [0.15, 0.2) is 48.8 Å². The molecule has 0 amide bonds. The average Bonchev–Trinajstić information content (AvgIpc) is 2.92. The van der Waals surface area contributed by atoms with Crippen LogP contribution in [0.1, 0.15) is 11.1 Å². The van der Waals surface area contributed by atoms with Crippen LogP contribution in [0.4, 0.5) is 0 Å². The number of hydrogen-bond donors (Lipinski definition) is 2. The number of hydrogen-bond acceptors (Lipinski definition) is 3. The summed E-state index contributed by atoms with van der Waals surface area (Å²) in [6.07, 6.45) is 5.96. The highest BCUT2D eigenvalue weighted by atomic mass is 15.0. The summed E-state index contributed by atoms with van der Waals surface area (Å²) >= 11 is 0. The largest absolute Gasteiger partial charge is 0.330 e. The summed E-state index contributed by atoms with van der Waals surface area (Å²) < 4.78 is 2.06. The van der Waals surface area contributed by atoms with Gasteiger partial charge in [0.15, 0.2) is 0 Å². The molecule has 0 atom stereocenters. The second kappa shape index (κ2) is 6.08. The molecule has 0 bridgehead atoms. The molecule has 0 aliphatic rings. The molecule has 0 aliphatic carbocycles. The van der Waals surface area contributed by atoms with Gasteiger partial charge in [-0.25, -0.2) is 4.98 Å². The molecule has 0 unspecified atom stereocenters. The number of fused-ring (bicyclic) bond motifs is 1. The van der Waals surface area contributed by atoms with Crippen LogP contribution >= 0.6 is 0 Å². The first-order valence-corrected chi connectivity index (χ1v) is 7.27. The van der Waals surface area contributed by atoms with Crippen LogP contribution in [0.5, 0.6) is 0 Å². The fraction of sp³-hybridized carbons (Fsp3) is 0.235. The van der Waals surface area contributed by atoms with Crippen molar-refractivity contribution in [1.82, 2.24) is 9.38 Å². The molecule has 3 rings (SSSR count). The molecule has 108 valence electrons. The molecule has 3 aromatic rings. The minimum absolute atomic E-state index is 0.662. The van der Waals surface area contributed by atoms with Gasteiger partial charge in [-0.2, -0.15) is 0 Å². The number of rotatable bonds is 5. The Bertz CT molecular complexity index is 728. The third-order valence-corrected chi connectivity index (χ3v) is 3.63. The Kier molecular flexibility index (Phi) is 3.99. The normalized spacial score (nSPS) is 11.1. The number of imidazole rings is 1. The fourth-order valence-corrected chi connectivity index (χ4v) is 2.50. The molecule has 4 N–H and O–H groups in total. The van der Waals surface area contributed by atoms with E-state index < -0.39 is 0 Å². The van der Waals surface area contributed by atoms with Gasteiger partial charge in [0.1, 0.15) is 5.65 Å². The molecule has 0 saturated heterocycles. The number of pyridine rings is 1. The smallest absolute Gasteiger partial charge is 0.137 e. The number of nitrogens with zero attached hydrogens (tertiary/aromatic N) is 2. The number of aromatic nitrogens is 2. The molecular formula is C17H20N4. The van der Waals surface area contributed by atoms with Gasteiger partial charge in [-0.05, 0) is 43.1 Å². The van der Waals surface area contributed by atoms with Gasteiger partial charge in [-0.15, -0.1) is 0 Å². The van der Waals surface area contributed by atoms with E-state index >= 15 is 0 Å². The van der Waals surface area contributed by atoms with Gasteiger partial charge < -0.3 is 15.9 Å². The first kappa shape index (κ1) is 13.8. The van der Waals surface area contributed by atoms with Crippen LogP contribution in [0.3, 0.4) is 0 Å². The molecule has 1 aromatic carbocycles. The number of nitrogens with two attached hydrogens (primary N) is 2. The standard InChI is InChI=1S/C17H20N4/c18-9-7-13-1-4-15(5-2-13)16-12-21-11-14(8-10-19)3-6-17(21)20-16/h1-6,11-12H,7-10,18-19H2. The van der Waals surface area contributed by atoms with Crippen molar-refractivity contribution in [1.29, 1.82) is 0 Å². The van der Waals surface area contributed by atoms with E-state index in [0.29, 0.717) is 13.1 Å². The topological polar surface area (TPSA) is 69.3 Å². The summed E-state index contributed by atoms with van der Waals surface area (Å²) in [7, 11) is 0. The average molecular weight is 280 g/mol. The van der Waals surface area contributed by atoms with Crippen molar-refractivity contribution in [2.45, 2.75) is 12.8 Å². The minimum Gasteiger partial charge on any atom is -0.330 e. The van der Waals surface area contributed by atoms with E-state index in [4.69, 9.17) is 11.5 Å². The van der Waals surface area contributed by atoms with E-state index in [1.165, 1.54) is 11.1 Å². The monoisotopic (exact) mass is 280 g/mol. The molecule has 0 fully saturated rings. The van der Waals surface area contributed by atoms with Crippen LogP contribution in [-0.2, 0) is 12.8 Å². The molecule has 0 saturated carbocycles. The summed E-state index contributed by atoms with van der Waals surface area (Å²) in [6, 6.07) is 12.6. The maximum atomic E-state index is 5.61. The highest BCUT2D eigenvalue weighted by Gasteiger charge is 2.05. The van der Waals surface area contributed by atoms with Gasteiger partial charge >= 0.3 is 0 Å². The summed E-state index contributed by atoms with van der Waals surface area (Å²) in [6.45, 7) is 1.34. The Hall–Kier alpha value is -2.17. The van der Waals surface area contributed by atoms with Crippen LogP contribution in [-0.4, -0.2) is 22.5 Å².